The predicted molar refractivity (Wildman–Crippen MR) is 91.5 cm³/mol. The Labute approximate surface area is 148 Å². The van der Waals surface area contributed by atoms with E-state index in [1.54, 1.807) is 16.7 Å². The van der Waals surface area contributed by atoms with Gasteiger partial charge in [-0.1, -0.05) is 23.2 Å². The van der Waals surface area contributed by atoms with Gasteiger partial charge in [-0.05, 0) is 26.0 Å². The summed E-state index contributed by atoms with van der Waals surface area (Å²) >= 11 is 12.2. The van der Waals surface area contributed by atoms with Crippen LogP contribution in [0.25, 0.3) is 11.0 Å². The number of aliphatic hydroxyl groups excluding tert-OH is 3. The zero-order valence-corrected chi connectivity index (χ0v) is 14.7. The van der Waals surface area contributed by atoms with E-state index in [-0.39, 0.29) is 6.04 Å². The van der Waals surface area contributed by atoms with Crippen molar-refractivity contribution in [3.8, 4) is 0 Å². The maximum Gasteiger partial charge on any atom is 0.206 e. The first kappa shape index (κ1) is 17.7. The van der Waals surface area contributed by atoms with Crippen molar-refractivity contribution < 1.29 is 20.1 Å². The van der Waals surface area contributed by atoms with Gasteiger partial charge in [0.2, 0.25) is 5.95 Å². The third-order valence-corrected chi connectivity index (χ3v) is 4.64. The van der Waals surface area contributed by atoms with Gasteiger partial charge in [-0.2, -0.15) is 0 Å². The molecule has 0 aliphatic carbocycles. The minimum absolute atomic E-state index is 0.0728. The highest BCUT2D eigenvalue weighted by atomic mass is 35.5. The molecule has 1 aliphatic rings. The second-order valence-electron chi connectivity index (χ2n) is 6.09. The topological polar surface area (TPSA) is 99.8 Å². The highest BCUT2D eigenvalue weighted by Gasteiger charge is 2.44. The SMILES string of the molecule is CC(C)Nc1nc2cc(Cl)c(Cl)cc2n1C1O[C@@H](CO)[C@H](O)[C@@H]1O. The van der Waals surface area contributed by atoms with Gasteiger partial charge in [0.1, 0.15) is 18.3 Å². The van der Waals surface area contributed by atoms with Gasteiger partial charge in [0.25, 0.3) is 0 Å². The molecule has 24 heavy (non-hydrogen) atoms. The summed E-state index contributed by atoms with van der Waals surface area (Å²) in [4.78, 5) is 4.48. The summed E-state index contributed by atoms with van der Waals surface area (Å²) in [5.74, 6) is 0.452. The Morgan fingerprint density at radius 3 is 2.50 bits per heavy atom. The van der Waals surface area contributed by atoms with Crippen LogP contribution in [0.2, 0.25) is 10.0 Å². The molecule has 1 aromatic carbocycles. The molecule has 9 heteroatoms. The van der Waals surface area contributed by atoms with Gasteiger partial charge in [-0.15, -0.1) is 0 Å². The summed E-state index contributed by atoms with van der Waals surface area (Å²) in [6.45, 7) is 3.49. The molecule has 1 unspecified atom stereocenters. The van der Waals surface area contributed by atoms with Crippen LogP contribution in [-0.2, 0) is 4.74 Å². The highest BCUT2D eigenvalue weighted by Crippen LogP contribution is 2.37. The van der Waals surface area contributed by atoms with Gasteiger partial charge in [0.15, 0.2) is 6.23 Å². The number of hydrogen-bond acceptors (Lipinski definition) is 6. The number of rotatable bonds is 4. The molecule has 1 fully saturated rings. The Morgan fingerprint density at radius 1 is 1.25 bits per heavy atom. The molecule has 0 radical (unpaired) electrons. The average molecular weight is 376 g/mol. The second-order valence-corrected chi connectivity index (χ2v) is 6.90. The summed E-state index contributed by atoms with van der Waals surface area (Å²) in [7, 11) is 0. The fraction of sp³-hybridized carbons (Fsp3) is 0.533. The van der Waals surface area contributed by atoms with Gasteiger partial charge in [0.05, 0.1) is 27.7 Å². The average Bonchev–Trinajstić information content (AvgIpc) is 2.97. The van der Waals surface area contributed by atoms with Crippen LogP contribution in [0.3, 0.4) is 0 Å². The van der Waals surface area contributed by atoms with Crippen molar-refractivity contribution in [1.29, 1.82) is 0 Å². The maximum atomic E-state index is 10.4. The van der Waals surface area contributed by atoms with Gasteiger partial charge in [0, 0.05) is 6.04 Å². The fourth-order valence-corrected chi connectivity index (χ4v) is 3.12. The van der Waals surface area contributed by atoms with E-state index in [0.717, 1.165) is 0 Å². The van der Waals surface area contributed by atoms with Crippen LogP contribution in [-0.4, -0.2) is 55.8 Å². The van der Waals surface area contributed by atoms with Gasteiger partial charge in [-0.3, -0.25) is 4.57 Å². The number of fused-ring (bicyclic) bond motifs is 1. The number of ether oxygens (including phenoxy) is 1. The molecule has 7 nitrogen and oxygen atoms in total. The smallest absolute Gasteiger partial charge is 0.206 e. The molecular formula is C15H19Cl2N3O4. The van der Waals surface area contributed by atoms with Crippen LogP contribution in [0.5, 0.6) is 0 Å². The van der Waals surface area contributed by atoms with Crippen molar-refractivity contribution in [2.75, 3.05) is 11.9 Å². The normalized spacial score (nSPS) is 27.3. The number of imidazole rings is 1. The van der Waals surface area contributed by atoms with E-state index in [4.69, 9.17) is 27.9 Å². The maximum absolute atomic E-state index is 10.4. The number of anilines is 1. The first-order valence-corrected chi connectivity index (χ1v) is 8.35. The number of aromatic nitrogens is 2. The van der Waals surface area contributed by atoms with Crippen LogP contribution >= 0.6 is 23.2 Å². The van der Waals surface area contributed by atoms with E-state index in [9.17, 15) is 15.3 Å². The van der Waals surface area contributed by atoms with E-state index in [2.05, 4.69) is 10.3 Å². The third kappa shape index (κ3) is 2.96. The first-order valence-electron chi connectivity index (χ1n) is 7.59. The predicted octanol–water partition coefficient (Wildman–Crippen LogP) is 1.77. The van der Waals surface area contributed by atoms with E-state index >= 15 is 0 Å². The van der Waals surface area contributed by atoms with Crippen molar-refractivity contribution in [3.05, 3.63) is 22.2 Å². The Balaban J connectivity index is 2.15. The molecule has 4 atom stereocenters. The van der Waals surface area contributed by atoms with Crippen molar-refractivity contribution in [2.45, 2.75) is 44.4 Å². The number of aliphatic hydroxyl groups is 3. The lowest BCUT2D eigenvalue weighted by Crippen LogP contribution is -2.33. The molecule has 1 aromatic heterocycles. The van der Waals surface area contributed by atoms with Gasteiger partial charge in [-0.25, -0.2) is 4.98 Å². The van der Waals surface area contributed by atoms with Crippen molar-refractivity contribution in [2.24, 2.45) is 0 Å². The Hall–Kier alpha value is -1.09. The quantitative estimate of drug-likeness (QED) is 0.649. The van der Waals surface area contributed by atoms with Crippen LogP contribution in [0.1, 0.15) is 20.1 Å². The lowest BCUT2D eigenvalue weighted by Gasteiger charge is -2.21. The Bertz CT molecular complexity index is 752. The van der Waals surface area contributed by atoms with Crippen LogP contribution < -0.4 is 5.32 Å². The molecule has 2 heterocycles. The molecule has 0 saturated carbocycles. The molecule has 2 aromatic rings. The zero-order valence-electron chi connectivity index (χ0n) is 13.1. The van der Waals surface area contributed by atoms with Crippen molar-refractivity contribution >= 4 is 40.2 Å². The highest BCUT2D eigenvalue weighted by molar-refractivity contribution is 6.42. The van der Waals surface area contributed by atoms with E-state index in [1.165, 1.54) is 0 Å². The monoisotopic (exact) mass is 375 g/mol. The summed E-state index contributed by atoms with van der Waals surface area (Å²) in [6.07, 6.45) is -4.22. The van der Waals surface area contributed by atoms with Gasteiger partial charge >= 0.3 is 0 Å². The first-order chi connectivity index (χ1) is 11.3. The number of halogens is 2. The molecule has 1 saturated heterocycles. The van der Waals surface area contributed by atoms with Crippen LogP contribution in [0, 0.1) is 0 Å². The molecule has 0 amide bonds. The molecular weight excluding hydrogens is 357 g/mol. The number of benzene rings is 1. The van der Waals surface area contributed by atoms with Crippen LogP contribution in [0.4, 0.5) is 5.95 Å². The van der Waals surface area contributed by atoms with Crippen molar-refractivity contribution in [3.63, 3.8) is 0 Å². The summed E-state index contributed by atoms with van der Waals surface area (Å²) in [6, 6.07) is 3.33. The largest absolute Gasteiger partial charge is 0.394 e. The molecule has 0 bridgehead atoms. The minimum atomic E-state index is -1.22. The molecule has 4 N–H and O–H groups in total. The summed E-state index contributed by atoms with van der Waals surface area (Å²) in [5, 5.41) is 33.6. The lowest BCUT2D eigenvalue weighted by molar-refractivity contribution is -0.0499. The third-order valence-electron chi connectivity index (χ3n) is 3.92. The standard InChI is InChI=1S/C15H19Cl2N3O4/c1-6(2)18-15-19-9-3-7(16)8(17)4-10(9)20(15)14-13(23)12(22)11(5-21)24-14/h3-4,6,11-14,21-23H,5H2,1-2H3,(H,18,19)/t11-,12-,13-,14?/m0/s1. The number of nitrogens with one attached hydrogen (secondary N) is 1. The lowest BCUT2D eigenvalue weighted by atomic mass is 10.1. The zero-order chi connectivity index (χ0) is 17.6. The number of nitrogens with zero attached hydrogens (tertiary/aromatic N) is 2. The fourth-order valence-electron chi connectivity index (χ4n) is 2.80. The second kappa shape index (κ2) is 6.67. The summed E-state index contributed by atoms with van der Waals surface area (Å²) in [5.41, 5.74) is 1.17. The van der Waals surface area contributed by atoms with Gasteiger partial charge < -0.3 is 25.4 Å². The minimum Gasteiger partial charge on any atom is -0.394 e. The van der Waals surface area contributed by atoms with E-state index in [1.807, 2.05) is 13.8 Å². The molecule has 3 rings (SSSR count). The van der Waals surface area contributed by atoms with Crippen LogP contribution in [0.15, 0.2) is 12.1 Å². The Morgan fingerprint density at radius 2 is 1.92 bits per heavy atom. The number of hydrogen-bond donors (Lipinski definition) is 4. The summed E-state index contributed by atoms with van der Waals surface area (Å²) < 4.78 is 7.26. The van der Waals surface area contributed by atoms with E-state index < -0.39 is 31.1 Å². The molecule has 0 spiro atoms. The van der Waals surface area contributed by atoms with E-state index in [0.29, 0.717) is 27.0 Å². The van der Waals surface area contributed by atoms with Crippen molar-refractivity contribution in [1.82, 2.24) is 9.55 Å². The Kier molecular flexibility index (Phi) is 4.92. The molecule has 1 aliphatic heterocycles. The molecule has 132 valence electrons.